The maximum absolute atomic E-state index is 12.2. The fourth-order valence-electron chi connectivity index (χ4n) is 2.40. The van der Waals surface area contributed by atoms with E-state index in [1.54, 1.807) is 23.6 Å². The van der Waals surface area contributed by atoms with E-state index in [-0.39, 0.29) is 17.7 Å². The molecule has 2 rings (SSSR count). The lowest BCUT2D eigenvalue weighted by Crippen LogP contribution is -2.42. The summed E-state index contributed by atoms with van der Waals surface area (Å²) in [6.45, 7) is 2.85. The Balaban J connectivity index is 1.95. The third-order valence-electron chi connectivity index (χ3n) is 3.60. The summed E-state index contributed by atoms with van der Waals surface area (Å²) in [5.41, 5.74) is 0.813. The van der Waals surface area contributed by atoms with Crippen LogP contribution in [0.5, 0.6) is 0 Å². The summed E-state index contributed by atoms with van der Waals surface area (Å²) in [7, 11) is 0. The van der Waals surface area contributed by atoms with Gasteiger partial charge in [-0.05, 0) is 43.4 Å². The topological polar surface area (TPSA) is 49.4 Å². The van der Waals surface area contributed by atoms with E-state index in [0.717, 1.165) is 25.1 Å². The molecule has 1 N–H and O–H groups in total. The maximum atomic E-state index is 12.2. The van der Waals surface area contributed by atoms with Crippen molar-refractivity contribution in [3.8, 4) is 0 Å². The molecule has 1 aliphatic rings. The fraction of sp³-hybridized carbons (Fsp3) is 0.467. The van der Waals surface area contributed by atoms with Crippen molar-refractivity contribution in [1.29, 1.82) is 0 Å². The molecule has 1 heterocycles. The number of nitrogens with one attached hydrogen (secondary N) is 1. The van der Waals surface area contributed by atoms with Crippen molar-refractivity contribution in [2.75, 3.05) is 24.7 Å². The maximum Gasteiger partial charge on any atom is 0.229 e. The van der Waals surface area contributed by atoms with Crippen LogP contribution < -0.4 is 5.32 Å². The molecule has 108 valence electrons. The van der Waals surface area contributed by atoms with Gasteiger partial charge in [0.15, 0.2) is 0 Å². The Bertz CT molecular complexity index is 487. The number of nitrogens with zero attached hydrogens (tertiary/aromatic N) is 1. The summed E-state index contributed by atoms with van der Waals surface area (Å²) >= 11 is 1.67. The zero-order chi connectivity index (χ0) is 14.5. The normalized spacial score (nSPS) is 18.7. The highest BCUT2D eigenvalue weighted by Gasteiger charge is 2.26. The van der Waals surface area contributed by atoms with Crippen molar-refractivity contribution in [2.45, 2.75) is 24.7 Å². The number of carbonyl (C=O) groups excluding carboxylic acids is 2. The molecule has 0 spiro atoms. The van der Waals surface area contributed by atoms with Crippen LogP contribution in [0.25, 0.3) is 0 Å². The zero-order valence-electron chi connectivity index (χ0n) is 11.9. The number of carbonyl (C=O) groups is 2. The van der Waals surface area contributed by atoms with E-state index in [1.165, 1.54) is 4.90 Å². The number of anilines is 1. The number of hydrogen-bond acceptors (Lipinski definition) is 3. The molecule has 0 radical (unpaired) electrons. The van der Waals surface area contributed by atoms with Gasteiger partial charge in [0.05, 0.1) is 5.92 Å². The highest BCUT2D eigenvalue weighted by Crippen LogP contribution is 2.21. The quantitative estimate of drug-likeness (QED) is 0.871. The first-order valence-electron chi connectivity index (χ1n) is 6.80. The van der Waals surface area contributed by atoms with E-state index in [9.17, 15) is 9.59 Å². The number of rotatable bonds is 3. The summed E-state index contributed by atoms with van der Waals surface area (Å²) in [5.74, 6) is -0.0486. The van der Waals surface area contributed by atoms with Gasteiger partial charge in [0.2, 0.25) is 11.8 Å². The Morgan fingerprint density at radius 2 is 2.00 bits per heavy atom. The molecule has 0 aromatic heterocycles. The highest BCUT2D eigenvalue weighted by atomic mass is 32.2. The van der Waals surface area contributed by atoms with Crippen molar-refractivity contribution in [2.24, 2.45) is 5.92 Å². The number of amides is 2. The van der Waals surface area contributed by atoms with Gasteiger partial charge in [-0.25, -0.2) is 0 Å². The first-order valence-corrected chi connectivity index (χ1v) is 8.03. The molecular weight excluding hydrogens is 272 g/mol. The van der Waals surface area contributed by atoms with Gasteiger partial charge >= 0.3 is 0 Å². The largest absolute Gasteiger partial charge is 0.342 e. The smallest absolute Gasteiger partial charge is 0.229 e. The van der Waals surface area contributed by atoms with E-state index in [0.29, 0.717) is 6.54 Å². The molecule has 1 atom stereocenters. The SMILES string of the molecule is CSc1ccc(NC(=O)[C@@H]2CCCN(C(C)=O)C2)cc1. The van der Waals surface area contributed by atoms with Crippen molar-refractivity contribution in [3.05, 3.63) is 24.3 Å². The van der Waals surface area contributed by atoms with E-state index in [2.05, 4.69) is 5.32 Å². The molecule has 4 nitrogen and oxygen atoms in total. The van der Waals surface area contributed by atoms with Crippen LogP contribution in [0.1, 0.15) is 19.8 Å². The third-order valence-corrected chi connectivity index (χ3v) is 4.34. The predicted octanol–water partition coefficient (Wildman–Crippen LogP) is 2.61. The average Bonchev–Trinajstić information content (AvgIpc) is 2.48. The monoisotopic (exact) mass is 292 g/mol. The molecule has 1 aliphatic heterocycles. The highest BCUT2D eigenvalue weighted by molar-refractivity contribution is 7.98. The molecule has 0 saturated carbocycles. The van der Waals surface area contributed by atoms with E-state index in [1.807, 2.05) is 30.5 Å². The van der Waals surface area contributed by atoms with Gasteiger partial charge in [-0.15, -0.1) is 11.8 Å². The lowest BCUT2D eigenvalue weighted by Gasteiger charge is -2.31. The number of hydrogen-bond donors (Lipinski definition) is 1. The summed E-state index contributed by atoms with van der Waals surface area (Å²) in [5, 5.41) is 2.94. The zero-order valence-corrected chi connectivity index (χ0v) is 12.7. The molecule has 1 saturated heterocycles. The molecule has 20 heavy (non-hydrogen) atoms. The van der Waals surface area contributed by atoms with E-state index < -0.39 is 0 Å². The Morgan fingerprint density at radius 3 is 2.60 bits per heavy atom. The van der Waals surface area contributed by atoms with E-state index in [4.69, 9.17) is 0 Å². The minimum Gasteiger partial charge on any atom is -0.342 e. The van der Waals surface area contributed by atoms with Crippen LogP contribution in [0, 0.1) is 5.92 Å². The van der Waals surface area contributed by atoms with Crippen LogP contribution in [-0.4, -0.2) is 36.1 Å². The third kappa shape index (κ3) is 3.76. The Labute approximate surface area is 123 Å². The lowest BCUT2D eigenvalue weighted by atomic mass is 9.97. The molecular formula is C15H20N2O2S. The molecule has 2 amide bonds. The summed E-state index contributed by atoms with van der Waals surface area (Å²) in [6, 6.07) is 7.80. The molecule has 0 bridgehead atoms. The Kier molecular flexibility index (Phi) is 5.06. The number of piperidine rings is 1. The van der Waals surface area contributed by atoms with E-state index >= 15 is 0 Å². The van der Waals surface area contributed by atoms with Gasteiger partial charge in [0, 0.05) is 30.6 Å². The molecule has 0 aliphatic carbocycles. The van der Waals surface area contributed by atoms with Gasteiger partial charge in [-0.2, -0.15) is 0 Å². The number of thioether (sulfide) groups is 1. The predicted molar refractivity (Wildman–Crippen MR) is 81.8 cm³/mol. The van der Waals surface area contributed by atoms with Crippen molar-refractivity contribution in [1.82, 2.24) is 4.90 Å². The van der Waals surface area contributed by atoms with Crippen LogP contribution in [0.15, 0.2) is 29.2 Å². The van der Waals surface area contributed by atoms with Crippen molar-refractivity contribution < 1.29 is 9.59 Å². The molecule has 1 fully saturated rings. The van der Waals surface area contributed by atoms with Gasteiger partial charge in [0.25, 0.3) is 0 Å². The van der Waals surface area contributed by atoms with Gasteiger partial charge in [0.1, 0.15) is 0 Å². The second-order valence-corrected chi connectivity index (χ2v) is 5.90. The number of benzene rings is 1. The second-order valence-electron chi connectivity index (χ2n) is 5.02. The first-order chi connectivity index (χ1) is 9.60. The molecule has 1 aromatic rings. The van der Waals surface area contributed by atoms with Crippen molar-refractivity contribution in [3.63, 3.8) is 0 Å². The Morgan fingerprint density at radius 1 is 1.30 bits per heavy atom. The van der Waals surface area contributed by atoms with Crippen LogP contribution in [0.2, 0.25) is 0 Å². The number of likely N-dealkylation sites (tertiary alicyclic amines) is 1. The molecule has 5 heteroatoms. The summed E-state index contributed by atoms with van der Waals surface area (Å²) in [6.07, 6.45) is 3.76. The molecule has 1 aromatic carbocycles. The summed E-state index contributed by atoms with van der Waals surface area (Å²) in [4.78, 5) is 26.5. The minimum absolute atomic E-state index is 0.00727. The van der Waals surface area contributed by atoms with Crippen LogP contribution in [0.4, 0.5) is 5.69 Å². The van der Waals surface area contributed by atoms with Gasteiger partial charge in [-0.3, -0.25) is 9.59 Å². The molecule has 0 unspecified atom stereocenters. The van der Waals surface area contributed by atoms with Crippen molar-refractivity contribution >= 4 is 29.3 Å². The standard InChI is InChI=1S/C15H20N2O2S/c1-11(18)17-9-3-4-12(10-17)15(19)16-13-5-7-14(20-2)8-6-13/h5-8,12H,3-4,9-10H2,1-2H3,(H,16,19)/t12-/m1/s1. The minimum atomic E-state index is -0.104. The Hall–Kier alpha value is -1.49. The van der Waals surface area contributed by atoms with Gasteiger partial charge < -0.3 is 10.2 Å². The van der Waals surface area contributed by atoms with Crippen LogP contribution in [-0.2, 0) is 9.59 Å². The van der Waals surface area contributed by atoms with Gasteiger partial charge in [-0.1, -0.05) is 0 Å². The lowest BCUT2D eigenvalue weighted by molar-refractivity contribution is -0.132. The summed E-state index contributed by atoms with van der Waals surface area (Å²) < 4.78 is 0. The fourth-order valence-corrected chi connectivity index (χ4v) is 2.80. The van der Waals surface area contributed by atoms with Crippen LogP contribution >= 0.6 is 11.8 Å². The van der Waals surface area contributed by atoms with Crippen LogP contribution in [0.3, 0.4) is 0 Å². The second kappa shape index (κ2) is 6.79. The first kappa shape index (κ1) is 14.9. The average molecular weight is 292 g/mol.